The van der Waals surface area contributed by atoms with Crippen LogP contribution in [-0.4, -0.2) is 18.2 Å². The van der Waals surface area contributed by atoms with Gasteiger partial charge in [0.1, 0.15) is 11.9 Å². The van der Waals surface area contributed by atoms with Crippen LogP contribution in [0.4, 0.5) is 13.2 Å². The smallest absolute Gasteiger partial charge is 0.485 e. The topological polar surface area (TPSA) is 35.5 Å². The van der Waals surface area contributed by atoms with Gasteiger partial charge in [-0.15, -0.1) is 13.2 Å². The number of rotatable bonds is 3. The summed E-state index contributed by atoms with van der Waals surface area (Å²) in [6.45, 7) is 3.41. The minimum atomic E-state index is -4.77. The first-order valence-corrected chi connectivity index (χ1v) is 5.75. The zero-order valence-corrected chi connectivity index (χ0v) is 10.5. The van der Waals surface area contributed by atoms with E-state index in [2.05, 4.69) is 4.74 Å². The summed E-state index contributed by atoms with van der Waals surface area (Å²) >= 11 is 0. The van der Waals surface area contributed by atoms with Crippen LogP contribution in [0.1, 0.15) is 20.3 Å². The molecule has 0 saturated heterocycles. The molecule has 2 rings (SSSR count). The van der Waals surface area contributed by atoms with E-state index in [4.69, 9.17) is 4.74 Å². The quantitative estimate of drug-likeness (QED) is 0.848. The number of benzene rings is 1. The lowest BCUT2D eigenvalue weighted by Gasteiger charge is -2.42. The van der Waals surface area contributed by atoms with Crippen LogP contribution in [0.5, 0.6) is 11.5 Å². The maximum absolute atomic E-state index is 12.2. The molecule has 0 aromatic heterocycles. The second kappa shape index (κ2) is 4.43. The number of hydrogen-bond acceptors (Lipinski definition) is 3. The van der Waals surface area contributed by atoms with Crippen molar-refractivity contribution in [2.24, 2.45) is 5.41 Å². The second-order valence-corrected chi connectivity index (χ2v) is 4.95. The Hall–Kier alpha value is -1.72. The van der Waals surface area contributed by atoms with Crippen LogP contribution >= 0.6 is 0 Å². The number of carbonyl (C=O) groups is 1. The molecule has 0 aliphatic heterocycles. The zero-order chi connectivity index (χ0) is 14.3. The third-order valence-corrected chi connectivity index (χ3v) is 3.24. The lowest BCUT2D eigenvalue weighted by Crippen LogP contribution is -2.53. The molecular formula is C13H13F3O3. The minimum absolute atomic E-state index is 0.00889. The third kappa shape index (κ3) is 2.83. The number of alkyl halides is 3. The van der Waals surface area contributed by atoms with Crippen molar-refractivity contribution < 1.29 is 27.4 Å². The highest BCUT2D eigenvalue weighted by Crippen LogP contribution is 2.42. The van der Waals surface area contributed by atoms with Crippen molar-refractivity contribution in [3.05, 3.63) is 24.3 Å². The number of ether oxygens (including phenoxy) is 2. The molecule has 1 aliphatic carbocycles. The predicted octanol–water partition coefficient (Wildman–Crippen LogP) is 3.33. The Balaban J connectivity index is 2.15. The van der Waals surface area contributed by atoms with E-state index in [0.29, 0.717) is 0 Å². The molecular weight excluding hydrogens is 261 g/mol. The fourth-order valence-corrected chi connectivity index (χ4v) is 1.83. The summed E-state index contributed by atoms with van der Waals surface area (Å²) in [6.07, 6.45) is -5.00. The number of hydrogen-bond donors (Lipinski definition) is 0. The monoisotopic (exact) mass is 274 g/mol. The van der Waals surface area contributed by atoms with E-state index in [1.165, 1.54) is 18.2 Å². The van der Waals surface area contributed by atoms with Crippen LogP contribution in [0.3, 0.4) is 0 Å². The van der Waals surface area contributed by atoms with Crippen molar-refractivity contribution in [1.29, 1.82) is 0 Å². The molecule has 0 radical (unpaired) electrons. The highest BCUT2D eigenvalue weighted by molar-refractivity contribution is 5.91. The Kier molecular flexibility index (Phi) is 3.20. The first-order chi connectivity index (χ1) is 8.70. The Morgan fingerprint density at radius 3 is 2.26 bits per heavy atom. The molecule has 19 heavy (non-hydrogen) atoms. The molecule has 1 aromatic carbocycles. The fourth-order valence-electron chi connectivity index (χ4n) is 1.83. The molecule has 0 heterocycles. The van der Waals surface area contributed by atoms with Gasteiger partial charge in [-0.05, 0) is 26.0 Å². The van der Waals surface area contributed by atoms with Crippen LogP contribution in [0.2, 0.25) is 0 Å². The van der Waals surface area contributed by atoms with E-state index >= 15 is 0 Å². The second-order valence-electron chi connectivity index (χ2n) is 4.95. The average molecular weight is 274 g/mol. The normalized spacial score (nSPS) is 21.7. The number of para-hydroxylation sites is 2. The Labute approximate surface area is 108 Å². The van der Waals surface area contributed by atoms with Gasteiger partial charge < -0.3 is 9.47 Å². The van der Waals surface area contributed by atoms with Crippen molar-refractivity contribution >= 4 is 5.78 Å². The highest BCUT2D eigenvalue weighted by atomic mass is 19.4. The summed E-state index contributed by atoms with van der Waals surface area (Å²) in [7, 11) is 0. The van der Waals surface area contributed by atoms with Crippen molar-refractivity contribution in [3.63, 3.8) is 0 Å². The minimum Gasteiger partial charge on any atom is -0.485 e. The summed E-state index contributed by atoms with van der Waals surface area (Å²) in [5, 5.41) is 0. The number of ketones is 1. The lowest BCUT2D eigenvalue weighted by molar-refractivity contribution is -0.275. The van der Waals surface area contributed by atoms with Crippen LogP contribution in [0.15, 0.2) is 24.3 Å². The Morgan fingerprint density at radius 1 is 1.21 bits per heavy atom. The van der Waals surface area contributed by atoms with E-state index in [0.717, 1.165) is 0 Å². The Morgan fingerprint density at radius 2 is 1.79 bits per heavy atom. The van der Waals surface area contributed by atoms with Gasteiger partial charge in [0, 0.05) is 6.42 Å². The SMILES string of the molecule is CC1(C)C(=O)CC1Oc1ccccc1OC(F)(F)F. The molecule has 0 bridgehead atoms. The molecule has 6 heteroatoms. The van der Waals surface area contributed by atoms with Crippen LogP contribution in [-0.2, 0) is 4.79 Å². The summed E-state index contributed by atoms with van der Waals surface area (Å²) in [5.74, 6) is -0.373. The van der Waals surface area contributed by atoms with Gasteiger partial charge in [0.15, 0.2) is 11.5 Å². The molecule has 1 fully saturated rings. The molecule has 1 saturated carbocycles. The van der Waals surface area contributed by atoms with Gasteiger partial charge in [-0.25, -0.2) is 0 Å². The molecule has 104 valence electrons. The standard InChI is InChI=1S/C13H13F3O3/c1-12(2)10(17)7-11(12)18-8-5-3-4-6-9(8)19-13(14,15)16/h3-6,11H,7H2,1-2H3. The van der Waals surface area contributed by atoms with Gasteiger partial charge in [-0.1, -0.05) is 12.1 Å². The Bertz CT molecular complexity index is 494. The molecule has 1 atom stereocenters. The van der Waals surface area contributed by atoms with Gasteiger partial charge in [0.2, 0.25) is 0 Å². The van der Waals surface area contributed by atoms with Gasteiger partial charge in [-0.3, -0.25) is 4.79 Å². The van der Waals surface area contributed by atoms with Gasteiger partial charge in [0.25, 0.3) is 0 Å². The van der Waals surface area contributed by atoms with E-state index in [-0.39, 0.29) is 18.0 Å². The average Bonchev–Trinajstić information content (AvgIpc) is 2.29. The lowest BCUT2D eigenvalue weighted by atomic mass is 9.68. The van der Waals surface area contributed by atoms with E-state index < -0.39 is 23.6 Å². The summed E-state index contributed by atoms with van der Waals surface area (Å²) in [5.41, 5.74) is -0.675. The maximum atomic E-state index is 12.2. The molecule has 3 nitrogen and oxygen atoms in total. The fraction of sp³-hybridized carbons (Fsp3) is 0.462. The molecule has 1 aromatic rings. The van der Waals surface area contributed by atoms with Crippen LogP contribution < -0.4 is 9.47 Å². The number of Topliss-reactive ketones (excluding diaryl/α,β-unsaturated/α-hetero) is 1. The number of halogens is 3. The van der Waals surface area contributed by atoms with Crippen molar-refractivity contribution in [2.75, 3.05) is 0 Å². The number of carbonyl (C=O) groups excluding carboxylic acids is 1. The largest absolute Gasteiger partial charge is 0.573 e. The van der Waals surface area contributed by atoms with Crippen LogP contribution in [0.25, 0.3) is 0 Å². The zero-order valence-electron chi connectivity index (χ0n) is 10.5. The van der Waals surface area contributed by atoms with E-state index in [9.17, 15) is 18.0 Å². The summed E-state index contributed by atoms with van der Waals surface area (Å²) in [6, 6.07) is 5.54. The van der Waals surface area contributed by atoms with Crippen LogP contribution in [0, 0.1) is 5.41 Å². The maximum Gasteiger partial charge on any atom is 0.573 e. The first kappa shape index (κ1) is 13.7. The van der Waals surface area contributed by atoms with E-state index in [1.807, 2.05) is 0 Å². The van der Waals surface area contributed by atoms with Gasteiger partial charge in [0.05, 0.1) is 5.41 Å². The molecule has 1 aliphatic rings. The van der Waals surface area contributed by atoms with Crippen molar-refractivity contribution in [1.82, 2.24) is 0 Å². The highest BCUT2D eigenvalue weighted by Gasteiger charge is 2.49. The first-order valence-electron chi connectivity index (χ1n) is 5.75. The molecule has 1 unspecified atom stereocenters. The third-order valence-electron chi connectivity index (χ3n) is 3.24. The summed E-state index contributed by atoms with van der Waals surface area (Å²) < 4.78 is 46.1. The molecule has 0 spiro atoms. The predicted molar refractivity (Wildman–Crippen MR) is 60.9 cm³/mol. The van der Waals surface area contributed by atoms with E-state index in [1.54, 1.807) is 19.9 Å². The molecule has 0 amide bonds. The van der Waals surface area contributed by atoms with Gasteiger partial charge in [-0.2, -0.15) is 0 Å². The molecule has 0 N–H and O–H groups in total. The van der Waals surface area contributed by atoms with Crippen molar-refractivity contribution in [3.8, 4) is 11.5 Å². The summed E-state index contributed by atoms with van der Waals surface area (Å²) in [4.78, 5) is 11.4. The van der Waals surface area contributed by atoms with Gasteiger partial charge >= 0.3 is 6.36 Å². The van der Waals surface area contributed by atoms with Crippen molar-refractivity contribution in [2.45, 2.75) is 32.7 Å².